The van der Waals surface area contributed by atoms with Gasteiger partial charge in [0.05, 0.1) is 11.8 Å². The van der Waals surface area contributed by atoms with Gasteiger partial charge in [0.15, 0.2) is 0 Å². The van der Waals surface area contributed by atoms with Gasteiger partial charge in [0.2, 0.25) is 0 Å². The first kappa shape index (κ1) is 12.6. The SMILES string of the molecule is CCCn1cc(C2(O)CCNCC2CC)cn1. The Morgan fingerprint density at radius 1 is 1.59 bits per heavy atom. The monoisotopic (exact) mass is 237 g/mol. The average Bonchev–Trinajstić information content (AvgIpc) is 2.79. The highest BCUT2D eigenvalue weighted by atomic mass is 16.3. The number of aryl methyl sites for hydroxylation is 1. The van der Waals surface area contributed by atoms with Gasteiger partial charge in [0, 0.05) is 30.8 Å². The first-order valence-corrected chi connectivity index (χ1v) is 6.66. The first-order chi connectivity index (χ1) is 8.20. The number of aliphatic hydroxyl groups is 1. The molecule has 0 bridgehead atoms. The molecule has 4 heteroatoms. The van der Waals surface area contributed by atoms with Crippen molar-refractivity contribution in [3.8, 4) is 0 Å². The van der Waals surface area contributed by atoms with E-state index in [1.807, 2.05) is 17.1 Å². The Balaban J connectivity index is 2.21. The third-order valence-corrected chi connectivity index (χ3v) is 3.83. The molecule has 1 aromatic rings. The zero-order valence-electron chi connectivity index (χ0n) is 10.8. The van der Waals surface area contributed by atoms with Gasteiger partial charge in [0.1, 0.15) is 0 Å². The third kappa shape index (κ3) is 2.38. The minimum atomic E-state index is -0.689. The predicted molar refractivity (Wildman–Crippen MR) is 67.7 cm³/mol. The molecule has 4 nitrogen and oxygen atoms in total. The molecule has 1 saturated heterocycles. The highest BCUT2D eigenvalue weighted by Crippen LogP contribution is 2.36. The fraction of sp³-hybridized carbons (Fsp3) is 0.769. The van der Waals surface area contributed by atoms with Crippen LogP contribution in [0, 0.1) is 5.92 Å². The van der Waals surface area contributed by atoms with Gasteiger partial charge in [-0.05, 0) is 25.8 Å². The highest BCUT2D eigenvalue weighted by Gasteiger charge is 2.40. The molecule has 0 aromatic carbocycles. The Morgan fingerprint density at radius 3 is 3.12 bits per heavy atom. The molecule has 2 atom stereocenters. The molecule has 2 N–H and O–H groups in total. The van der Waals surface area contributed by atoms with Crippen molar-refractivity contribution in [2.75, 3.05) is 13.1 Å². The highest BCUT2D eigenvalue weighted by molar-refractivity contribution is 5.18. The number of nitrogens with zero attached hydrogens (tertiary/aromatic N) is 2. The van der Waals surface area contributed by atoms with E-state index in [2.05, 4.69) is 24.3 Å². The van der Waals surface area contributed by atoms with Crippen molar-refractivity contribution in [3.63, 3.8) is 0 Å². The van der Waals surface area contributed by atoms with Crippen LogP contribution in [0.3, 0.4) is 0 Å². The summed E-state index contributed by atoms with van der Waals surface area (Å²) in [6, 6.07) is 0. The fourth-order valence-electron chi connectivity index (χ4n) is 2.73. The summed E-state index contributed by atoms with van der Waals surface area (Å²) in [4.78, 5) is 0. The second-order valence-corrected chi connectivity index (χ2v) is 4.98. The van der Waals surface area contributed by atoms with Gasteiger partial charge in [-0.1, -0.05) is 13.8 Å². The topological polar surface area (TPSA) is 50.1 Å². The molecule has 0 radical (unpaired) electrons. The van der Waals surface area contributed by atoms with Gasteiger partial charge in [-0.2, -0.15) is 5.10 Å². The molecule has 17 heavy (non-hydrogen) atoms. The number of nitrogens with one attached hydrogen (secondary N) is 1. The second-order valence-electron chi connectivity index (χ2n) is 4.98. The quantitative estimate of drug-likeness (QED) is 0.834. The van der Waals surface area contributed by atoms with Crippen LogP contribution >= 0.6 is 0 Å². The maximum absolute atomic E-state index is 10.9. The summed E-state index contributed by atoms with van der Waals surface area (Å²) in [5, 5.41) is 18.6. The second kappa shape index (κ2) is 5.19. The molecule has 1 aliphatic rings. The number of aromatic nitrogens is 2. The minimum absolute atomic E-state index is 0.288. The lowest BCUT2D eigenvalue weighted by molar-refractivity contribution is -0.0479. The molecule has 0 amide bonds. The molecular weight excluding hydrogens is 214 g/mol. The Hall–Kier alpha value is -0.870. The molecule has 1 fully saturated rings. The maximum Gasteiger partial charge on any atom is 0.0978 e. The van der Waals surface area contributed by atoms with Crippen molar-refractivity contribution >= 4 is 0 Å². The van der Waals surface area contributed by atoms with Crippen LogP contribution in [0.25, 0.3) is 0 Å². The lowest BCUT2D eigenvalue weighted by atomic mass is 9.76. The average molecular weight is 237 g/mol. The summed E-state index contributed by atoms with van der Waals surface area (Å²) >= 11 is 0. The van der Waals surface area contributed by atoms with Gasteiger partial charge >= 0.3 is 0 Å². The predicted octanol–water partition coefficient (Wildman–Crippen LogP) is 1.50. The number of piperidine rings is 1. The van der Waals surface area contributed by atoms with Gasteiger partial charge in [-0.3, -0.25) is 4.68 Å². The number of rotatable bonds is 4. The van der Waals surface area contributed by atoms with E-state index in [4.69, 9.17) is 0 Å². The molecule has 2 heterocycles. The summed E-state index contributed by atoms with van der Waals surface area (Å²) in [5.74, 6) is 0.288. The molecule has 0 aliphatic carbocycles. The maximum atomic E-state index is 10.9. The van der Waals surface area contributed by atoms with E-state index in [0.717, 1.165) is 44.5 Å². The Bertz CT molecular complexity index is 363. The number of hydrogen-bond acceptors (Lipinski definition) is 3. The van der Waals surface area contributed by atoms with E-state index in [1.54, 1.807) is 0 Å². The van der Waals surface area contributed by atoms with E-state index >= 15 is 0 Å². The first-order valence-electron chi connectivity index (χ1n) is 6.66. The lowest BCUT2D eigenvalue weighted by Gasteiger charge is -2.39. The molecule has 96 valence electrons. The minimum Gasteiger partial charge on any atom is -0.385 e. The van der Waals surface area contributed by atoms with Crippen LogP contribution in [0.4, 0.5) is 0 Å². The summed E-state index contributed by atoms with van der Waals surface area (Å²) < 4.78 is 1.93. The summed E-state index contributed by atoms with van der Waals surface area (Å²) in [6.45, 7) is 6.97. The largest absolute Gasteiger partial charge is 0.385 e. The molecule has 0 spiro atoms. The smallest absolute Gasteiger partial charge is 0.0978 e. The molecule has 1 aliphatic heterocycles. The van der Waals surface area contributed by atoms with Crippen molar-refractivity contribution < 1.29 is 5.11 Å². The van der Waals surface area contributed by atoms with Crippen molar-refractivity contribution in [1.82, 2.24) is 15.1 Å². The lowest BCUT2D eigenvalue weighted by Crippen LogP contribution is -2.47. The van der Waals surface area contributed by atoms with Crippen molar-refractivity contribution in [2.24, 2.45) is 5.92 Å². The Kier molecular flexibility index (Phi) is 3.84. The van der Waals surface area contributed by atoms with Crippen LogP contribution in [0.5, 0.6) is 0 Å². The van der Waals surface area contributed by atoms with Crippen LogP contribution in [-0.2, 0) is 12.1 Å². The van der Waals surface area contributed by atoms with Gasteiger partial charge < -0.3 is 10.4 Å². The van der Waals surface area contributed by atoms with E-state index in [0.29, 0.717) is 0 Å². The van der Waals surface area contributed by atoms with Crippen molar-refractivity contribution in [3.05, 3.63) is 18.0 Å². The molecule has 2 rings (SSSR count). The van der Waals surface area contributed by atoms with E-state index in [1.165, 1.54) is 0 Å². The van der Waals surface area contributed by atoms with Crippen LogP contribution in [0.15, 0.2) is 12.4 Å². The van der Waals surface area contributed by atoms with Gasteiger partial charge in [-0.15, -0.1) is 0 Å². The van der Waals surface area contributed by atoms with Crippen molar-refractivity contribution in [2.45, 2.75) is 45.3 Å². The van der Waals surface area contributed by atoms with E-state index in [-0.39, 0.29) is 5.92 Å². The zero-order chi connectivity index (χ0) is 12.3. The Labute approximate surface area is 103 Å². The summed E-state index contributed by atoms with van der Waals surface area (Å²) in [6.07, 6.45) is 6.69. The fourth-order valence-corrected chi connectivity index (χ4v) is 2.73. The standard InChI is InChI=1S/C13H23N3O/c1-3-7-16-10-12(9-15-16)13(17)5-6-14-8-11(13)4-2/h9-11,14,17H,3-8H2,1-2H3. The van der Waals surface area contributed by atoms with Crippen molar-refractivity contribution in [1.29, 1.82) is 0 Å². The Morgan fingerprint density at radius 2 is 2.41 bits per heavy atom. The molecule has 0 saturated carbocycles. The van der Waals surface area contributed by atoms with E-state index in [9.17, 15) is 5.11 Å². The normalized spacial score (nSPS) is 29.5. The summed E-state index contributed by atoms with van der Waals surface area (Å²) in [7, 11) is 0. The molecular formula is C13H23N3O. The molecule has 2 unspecified atom stereocenters. The molecule has 1 aromatic heterocycles. The zero-order valence-corrected chi connectivity index (χ0v) is 10.8. The van der Waals surface area contributed by atoms with Gasteiger partial charge in [-0.25, -0.2) is 0 Å². The number of hydrogen-bond donors (Lipinski definition) is 2. The van der Waals surface area contributed by atoms with Crippen LogP contribution in [-0.4, -0.2) is 28.0 Å². The van der Waals surface area contributed by atoms with Crippen LogP contribution in [0.1, 0.15) is 38.7 Å². The van der Waals surface area contributed by atoms with E-state index < -0.39 is 5.60 Å². The van der Waals surface area contributed by atoms with Gasteiger partial charge in [0.25, 0.3) is 0 Å². The third-order valence-electron chi connectivity index (χ3n) is 3.83. The van der Waals surface area contributed by atoms with Crippen LogP contribution < -0.4 is 5.32 Å². The summed E-state index contributed by atoms with van der Waals surface area (Å²) in [5.41, 5.74) is 0.297. The van der Waals surface area contributed by atoms with Crippen LogP contribution in [0.2, 0.25) is 0 Å².